The van der Waals surface area contributed by atoms with Crippen molar-refractivity contribution in [3.63, 3.8) is 0 Å². The minimum absolute atomic E-state index is 0.00936. The Hall–Kier alpha value is -3.10. The van der Waals surface area contributed by atoms with E-state index in [9.17, 15) is 19.2 Å². The summed E-state index contributed by atoms with van der Waals surface area (Å²) in [5.41, 5.74) is 2.44. The first-order valence-electron chi connectivity index (χ1n) is 16.7. The van der Waals surface area contributed by atoms with Gasteiger partial charge in [-0.3, -0.25) is 9.59 Å². The van der Waals surface area contributed by atoms with Gasteiger partial charge in [0.25, 0.3) is 0 Å². The molecule has 0 aliphatic carbocycles. The quantitative estimate of drug-likeness (QED) is 0.329. The average Bonchev–Trinajstić information content (AvgIpc) is 3.09. The summed E-state index contributed by atoms with van der Waals surface area (Å²) in [7, 11) is 0. The lowest BCUT2D eigenvalue weighted by Crippen LogP contribution is -2.56. The topological polar surface area (TPSA) is 117 Å². The number of nitrogens with zero attached hydrogens (tertiary/aromatic N) is 4. The van der Waals surface area contributed by atoms with Crippen LogP contribution in [0.5, 0.6) is 0 Å². The molecule has 0 unspecified atom stereocenters. The largest absolute Gasteiger partial charge is 0.342 e. The van der Waals surface area contributed by atoms with Gasteiger partial charge in [0.15, 0.2) is 0 Å². The van der Waals surface area contributed by atoms with Crippen LogP contribution in [0.1, 0.15) is 56.9 Å². The molecule has 4 aliphatic rings. The smallest absolute Gasteiger partial charge is 0.322 e. The van der Waals surface area contributed by atoms with Crippen molar-refractivity contribution in [2.24, 2.45) is 0 Å². The molecule has 0 saturated carbocycles. The fourth-order valence-electron chi connectivity index (χ4n) is 7.31. The van der Waals surface area contributed by atoms with Crippen molar-refractivity contribution in [1.82, 2.24) is 24.9 Å². The van der Waals surface area contributed by atoms with Gasteiger partial charge in [0.1, 0.15) is 6.04 Å². The third-order valence-corrected chi connectivity index (χ3v) is 11.1. The Morgan fingerprint density at radius 1 is 0.894 bits per heavy atom. The number of benzene rings is 2. The van der Waals surface area contributed by atoms with Gasteiger partial charge in [-0.25, -0.2) is 9.59 Å². The maximum Gasteiger partial charge on any atom is 0.322 e. The number of likely N-dealkylation sites (tertiary alicyclic amines) is 3. The third-order valence-electron chi connectivity index (χ3n) is 9.96. The molecule has 2 aromatic rings. The maximum atomic E-state index is 13.9. The van der Waals surface area contributed by atoms with E-state index in [-0.39, 0.29) is 30.3 Å². The molecule has 47 heavy (non-hydrogen) atoms. The highest BCUT2D eigenvalue weighted by Crippen LogP contribution is 2.28. The van der Waals surface area contributed by atoms with Crippen molar-refractivity contribution >= 4 is 69.4 Å². The van der Waals surface area contributed by atoms with Crippen LogP contribution in [0.15, 0.2) is 42.5 Å². The molecular formula is C34H43ClIN7O4. The monoisotopic (exact) mass is 775 g/mol. The number of hydrogen-bond donors (Lipinski definition) is 3. The lowest BCUT2D eigenvalue weighted by Gasteiger charge is -2.41. The van der Waals surface area contributed by atoms with Gasteiger partial charge < -0.3 is 35.6 Å². The zero-order valence-corrected chi connectivity index (χ0v) is 29.5. The minimum atomic E-state index is -1.01. The molecule has 13 heteroatoms. The number of piperidine rings is 3. The standard InChI is InChI=1S/C34H43ClIN7O4/c35-24-8-9-27(36)29(20-24)37-33(46)38-30(32(45)42-18-10-25(11-19-42)40-14-4-1-5-15-40)21-31(44)41-16-12-26(13-17-41)43-22-23-6-2-3-7-28(23)39-34(43)47/h2-3,6-9,20,25-26,30H,1,4-5,10-19,21-22H2,(H,39,47)(H2,37,38,46)/t30-/m0/s1. The summed E-state index contributed by atoms with van der Waals surface area (Å²) in [6, 6.07) is 11.8. The summed E-state index contributed by atoms with van der Waals surface area (Å²) in [6.07, 6.45) is 6.67. The molecule has 4 aliphatic heterocycles. The van der Waals surface area contributed by atoms with E-state index in [1.165, 1.54) is 19.3 Å². The van der Waals surface area contributed by atoms with E-state index >= 15 is 0 Å². The maximum absolute atomic E-state index is 13.9. The van der Waals surface area contributed by atoms with Gasteiger partial charge in [-0.2, -0.15) is 0 Å². The number of carbonyl (C=O) groups is 4. The second-order valence-electron chi connectivity index (χ2n) is 13.0. The molecule has 2 aromatic carbocycles. The fraction of sp³-hybridized carbons (Fsp3) is 0.529. The molecule has 0 spiro atoms. The molecule has 4 heterocycles. The number of anilines is 2. The summed E-state index contributed by atoms with van der Waals surface area (Å²) in [4.78, 5) is 61.6. The van der Waals surface area contributed by atoms with Crippen LogP contribution in [0.3, 0.4) is 0 Å². The van der Waals surface area contributed by atoms with Gasteiger partial charge in [0.2, 0.25) is 11.8 Å². The molecule has 3 saturated heterocycles. The average molecular weight is 776 g/mol. The summed E-state index contributed by atoms with van der Waals surface area (Å²) in [6.45, 7) is 4.93. The van der Waals surface area contributed by atoms with Crippen molar-refractivity contribution < 1.29 is 19.2 Å². The molecule has 0 aromatic heterocycles. The van der Waals surface area contributed by atoms with E-state index in [1.54, 1.807) is 28.0 Å². The van der Waals surface area contributed by atoms with Crippen LogP contribution in [-0.4, -0.2) is 101 Å². The second-order valence-corrected chi connectivity index (χ2v) is 14.6. The first kappa shape index (κ1) is 33.8. The van der Waals surface area contributed by atoms with Crippen LogP contribution in [-0.2, 0) is 16.1 Å². The van der Waals surface area contributed by atoms with Crippen LogP contribution < -0.4 is 16.0 Å². The third kappa shape index (κ3) is 8.32. The highest BCUT2D eigenvalue weighted by atomic mass is 127. The second kappa shape index (κ2) is 15.4. The lowest BCUT2D eigenvalue weighted by atomic mass is 9.98. The van der Waals surface area contributed by atoms with Gasteiger partial charge in [0.05, 0.1) is 12.1 Å². The summed E-state index contributed by atoms with van der Waals surface area (Å²) in [5.74, 6) is -0.416. The number of hydrogen-bond acceptors (Lipinski definition) is 5. The van der Waals surface area contributed by atoms with Gasteiger partial charge in [-0.15, -0.1) is 0 Å². The molecule has 6 rings (SSSR count). The Balaban J connectivity index is 1.08. The summed E-state index contributed by atoms with van der Waals surface area (Å²) in [5, 5.41) is 9.09. The first-order chi connectivity index (χ1) is 22.7. The molecule has 1 atom stereocenters. The number of nitrogens with one attached hydrogen (secondary N) is 3. The van der Waals surface area contributed by atoms with Crippen LogP contribution in [0.4, 0.5) is 21.0 Å². The minimum Gasteiger partial charge on any atom is -0.342 e. The Bertz CT molecular complexity index is 1470. The molecule has 6 amide bonds. The van der Waals surface area contributed by atoms with Gasteiger partial charge >= 0.3 is 12.1 Å². The Morgan fingerprint density at radius 3 is 2.32 bits per heavy atom. The van der Waals surface area contributed by atoms with E-state index in [2.05, 4.69) is 43.4 Å². The van der Waals surface area contributed by atoms with Gasteiger partial charge in [-0.05, 0) is 104 Å². The van der Waals surface area contributed by atoms with E-state index < -0.39 is 12.1 Å². The highest BCUT2D eigenvalue weighted by molar-refractivity contribution is 14.1. The molecular weight excluding hydrogens is 733 g/mol. The Kier molecular flexibility index (Phi) is 11.1. The number of amides is 6. The van der Waals surface area contributed by atoms with Crippen molar-refractivity contribution in [3.05, 3.63) is 56.6 Å². The summed E-state index contributed by atoms with van der Waals surface area (Å²) >= 11 is 8.27. The van der Waals surface area contributed by atoms with Crippen LogP contribution in [0.2, 0.25) is 5.02 Å². The number of carbonyl (C=O) groups excluding carboxylic acids is 4. The molecule has 11 nitrogen and oxygen atoms in total. The highest BCUT2D eigenvalue weighted by Gasteiger charge is 2.36. The van der Waals surface area contributed by atoms with E-state index in [0.29, 0.717) is 62.3 Å². The molecule has 3 fully saturated rings. The van der Waals surface area contributed by atoms with Crippen molar-refractivity contribution in [3.8, 4) is 0 Å². The van der Waals surface area contributed by atoms with Crippen LogP contribution in [0, 0.1) is 3.57 Å². The molecule has 3 N–H and O–H groups in total. The van der Waals surface area contributed by atoms with Crippen LogP contribution in [0.25, 0.3) is 0 Å². The SMILES string of the molecule is O=C(Nc1cc(Cl)ccc1I)N[C@@H](CC(=O)N1CCC(N2Cc3ccccc3NC2=O)CC1)C(=O)N1CCC(N2CCCCC2)CC1. The van der Waals surface area contributed by atoms with E-state index in [1.807, 2.05) is 29.2 Å². The van der Waals surface area contributed by atoms with E-state index in [4.69, 9.17) is 11.6 Å². The van der Waals surface area contributed by atoms with Gasteiger partial charge in [0, 0.05) is 59.1 Å². The Labute approximate surface area is 294 Å². The van der Waals surface area contributed by atoms with Crippen molar-refractivity contribution in [2.75, 3.05) is 49.9 Å². The predicted octanol–water partition coefficient (Wildman–Crippen LogP) is 5.34. The van der Waals surface area contributed by atoms with E-state index in [0.717, 1.165) is 40.8 Å². The van der Waals surface area contributed by atoms with Crippen LogP contribution >= 0.6 is 34.2 Å². The molecule has 0 radical (unpaired) electrons. The summed E-state index contributed by atoms with van der Waals surface area (Å²) < 4.78 is 0.801. The number of halogens is 2. The van der Waals surface area contributed by atoms with Gasteiger partial charge in [-0.1, -0.05) is 36.2 Å². The number of fused-ring (bicyclic) bond motifs is 1. The lowest BCUT2D eigenvalue weighted by molar-refractivity contribution is -0.140. The zero-order chi connectivity index (χ0) is 32.9. The number of para-hydroxylation sites is 1. The zero-order valence-electron chi connectivity index (χ0n) is 26.6. The predicted molar refractivity (Wildman–Crippen MR) is 190 cm³/mol. The van der Waals surface area contributed by atoms with Crippen molar-refractivity contribution in [2.45, 2.75) is 76.0 Å². The normalized spacial score (nSPS) is 20.3. The molecule has 0 bridgehead atoms. The number of urea groups is 2. The number of rotatable bonds is 7. The van der Waals surface area contributed by atoms with Crippen molar-refractivity contribution in [1.29, 1.82) is 0 Å². The fourth-order valence-corrected chi connectivity index (χ4v) is 7.96. The Morgan fingerprint density at radius 2 is 1.57 bits per heavy atom. The molecule has 252 valence electrons. The first-order valence-corrected chi connectivity index (χ1v) is 18.2.